The van der Waals surface area contributed by atoms with Crippen molar-refractivity contribution in [1.29, 1.82) is 0 Å². The number of benzene rings is 1. The summed E-state index contributed by atoms with van der Waals surface area (Å²) in [6.45, 7) is 4.05. The zero-order valence-corrected chi connectivity index (χ0v) is 13.6. The van der Waals surface area contributed by atoms with Crippen LogP contribution in [0.3, 0.4) is 0 Å². The molecule has 0 aliphatic carbocycles. The molecule has 1 fully saturated rings. The Morgan fingerprint density at radius 2 is 1.78 bits per heavy atom. The summed E-state index contributed by atoms with van der Waals surface area (Å²) >= 11 is 0. The molecule has 1 amide bonds. The van der Waals surface area contributed by atoms with Gasteiger partial charge in [-0.15, -0.1) is 10.2 Å². The van der Waals surface area contributed by atoms with Gasteiger partial charge in [0.15, 0.2) is 11.5 Å². The Labute approximate surface area is 136 Å². The van der Waals surface area contributed by atoms with E-state index in [1.54, 1.807) is 18.0 Å². The lowest BCUT2D eigenvalue weighted by atomic mass is 10.1. The van der Waals surface area contributed by atoms with Crippen molar-refractivity contribution >= 4 is 11.7 Å². The van der Waals surface area contributed by atoms with Crippen LogP contribution in [0.4, 0.5) is 5.82 Å². The van der Waals surface area contributed by atoms with Gasteiger partial charge in [0.25, 0.3) is 5.91 Å². The Bertz CT molecular complexity index is 650. The maximum absolute atomic E-state index is 12.6. The van der Waals surface area contributed by atoms with Gasteiger partial charge >= 0.3 is 0 Å². The van der Waals surface area contributed by atoms with Crippen molar-refractivity contribution in [2.75, 3.05) is 25.0 Å². The molecule has 1 aliphatic rings. The van der Waals surface area contributed by atoms with E-state index in [-0.39, 0.29) is 11.9 Å². The molecule has 1 aliphatic heterocycles. The first-order valence-electron chi connectivity index (χ1n) is 8.07. The van der Waals surface area contributed by atoms with E-state index in [1.807, 2.05) is 43.3 Å². The van der Waals surface area contributed by atoms with E-state index in [0.717, 1.165) is 24.5 Å². The van der Waals surface area contributed by atoms with Crippen molar-refractivity contribution in [2.24, 2.45) is 0 Å². The van der Waals surface area contributed by atoms with Crippen molar-refractivity contribution in [3.63, 3.8) is 0 Å². The van der Waals surface area contributed by atoms with Gasteiger partial charge in [0, 0.05) is 20.1 Å². The third kappa shape index (κ3) is 3.33. The quantitative estimate of drug-likeness (QED) is 0.871. The third-order valence-electron chi connectivity index (χ3n) is 4.48. The number of carbonyl (C=O) groups is 1. The molecule has 1 atom stereocenters. The Kier molecular flexibility index (Phi) is 4.55. The van der Waals surface area contributed by atoms with Gasteiger partial charge in [0.05, 0.1) is 6.04 Å². The fourth-order valence-electron chi connectivity index (χ4n) is 2.87. The van der Waals surface area contributed by atoms with Gasteiger partial charge in [-0.25, -0.2) is 0 Å². The summed E-state index contributed by atoms with van der Waals surface area (Å²) in [5.74, 6) is 0.750. The Balaban J connectivity index is 1.71. The van der Waals surface area contributed by atoms with Crippen LogP contribution in [0, 0.1) is 0 Å². The monoisotopic (exact) mass is 310 g/mol. The van der Waals surface area contributed by atoms with Crippen LogP contribution in [0.15, 0.2) is 42.5 Å². The van der Waals surface area contributed by atoms with Gasteiger partial charge in [0.1, 0.15) is 0 Å². The Hall–Kier alpha value is -2.43. The fraction of sp³-hybridized carbons (Fsp3) is 0.389. The van der Waals surface area contributed by atoms with Crippen molar-refractivity contribution in [1.82, 2.24) is 15.1 Å². The first-order valence-corrected chi connectivity index (χ1v) is 8.07. The first-order chi connectivity index (χ1) is 11.2. The zero-order valence-electron chi connectivity index (χ0n) is 13.6. The SMILES string of the molecule is CC(c1ccccc1)N(C)C(=O)c1ccc(N2CCCC2)nn1. The molecule has 0 radical (unpaired) electrons. The lowest BCUT2D eigenvalue weighted by Crippen LogP contribution is -2.30. The number of hydrogen-bond donors (Lipinski definition) is 0. The standard InChI is InChI=1S/C18H22N4O/c1-14(15-8-4-3-5-9-15)21(2)18(23)16-10-11-17(20-19-16)22-12-6-7-13-22/h3-5,8-11,14H,6-7,12-13H2,1-2H3. The normalized spacial score (nSPS) is 15.5. The maximum Gasteiger partial charge on any atom is 0.274 e. The van der Waals surface area contributed by atoms with E-state index in [9.17, 15) is 4.79 Å². The minimum atomic E-state index is -0.109. The second kappa shape index (κ2) is 6.77. The molecule has 1 unspecified atom stereocenters. The lowest BCUT2D eigenvalue weighted by Gasteiger charge is -2.25. The Morgan fingerprint density at radius 1 is 1.09 bits per heavy atom. The maximum atomic E-state index is 12.6. The van der Waals surface area contributed by atoms with Gasteiger partial charge in [0.2, 0.25) is 0 Å². The molecule has 2 heterocycles. The highest BCUT2D eigenvalue weighted by Gasteiger charge is 2.21. The molecule has 0 N–H and O–H groups in total. The van der Waals surface area contributed by atoms with Crippen molar-refractivity contribution in [2.45, 2.75) is 25.8 Å². The highest BCUT2D eigenvalue weighted by molar-refractivity contribution is 5.92. The van der Waals surface area contributed by atoms with Gasteiger partial charge in [-0.05, 0) is 37.5 Å². The van der Waals surface area contributed by atoms with E-state index < -0.39 is 0 Å². The first kappa shape index (κ1) is 15.5. The summed E-state index contributed by atoms with van der Waals surface area (Å²) in [5.41, 5.74) is 1.49. The molecule has 120 valence electrons. The summed E-state index contributed by atoms with van der Waals surface area (Å²) < 4.78 is 0. The van der Waals surface area contributed by atoms with Crippen LogP contribution in [0.5, 0.6) is 0 Å². The minimum Gasteiger partial charge on any atom is -0.355 e. The molecule has 0 spiro atoms. The molecule has 0 bridgehead atoms. The average molecular weight is 310 g/mol. The summed E-state index contributed by atoms with van der Waals surface area (Å²) in [7, 11) is 1.80. The van der Waals surface area contributed by atoms with Crippen LogP contribution >= 0.6 is 0 Å². The smallest absolute Gasteiger partial charge is 0.274 e. The van der Waals surface area contributed by atoms with Crippen LogP contribution in [0.1, 0.15) is 41.9 Å². The number of nitrogens with zero attached hydrogens (tertiary/aromatic N) is 4. The summed E-state index contributed by atoms with van der Waals surface area (Å²) in [6.07, 6.45) is 2.39. The third-order valence-corrected chi connectivity index (χ3v) is 4.48. The largest absolute Gasteiger partial charge is 0.355 e. The van der Waals surface area contributed by atoms with E-state index in [0.29, 0.717) is 5.69 Å². The van der Waals surface area contributed by atoms with Crippen molar-refractivity contribution in [3.8, 4) is 0 Å². The van der Waals surface area contributed by atoms with Gasteiger partial charge in [-0.1, -0.05) is 30.3 Å². The minimum absolute atomic E-state index is 0.0104. The van der Waals surface area contributed by atoms with Crippen LogP contribution in [-0.4, -0.2) is 41.1 Å². The molecule has 1 saturated heterocycles. The zero-order chi connectivity index (χ0) is 16.2. The molecule has 23 heavy (non-hydrogen) atoms. The number of amides is 1. The van der Waals surface area contributed by atoms with Crippen LogP contribution in [0.2, 0.25) is 0 Å². The molecule has 5 nitrogen and oxygen atoms in total. The molecule has 5 heteroatoms. The topological polar surface area (TPSA) is 49.3 Å². The second-order valence-electron chi connectivity index (χ2n) is 5.97. The number of hydrogen-bond acceptors (Lipinski definition) is 4. The molecular formula is C18H22N4O. The van der Waals surface area contributed by atoms with Gasteiger partial charge in [-0.2, -0.15) is 0 Å². The molecule has 1 aromatic carbocycles. The van der Waals surface area contributed by atoms with E-state index in [1.165, 1.54) is 12.8 Å². The molecule has 1 aromatic heterocycles. The van der Waals surface area contributed by atoms with Crippen LogP contribution in [-0.2, 0) is 0 Å². The Morgan fingerprint density at radius 3 is 2.39 bits per heavy atom. The van der Waals surface area contributed by atoms with Gasteiger partial charge < -0.3 is 9.80 Å². The highest BCUT2D eigenvalue weighted by Crippen LogP contribution is 2.21. The highest BCUT2D eigenvalue weighted by atomic mass is 16.2. The fourth-order valence-corrected chi connectivity index (χ4v) is 2.87. The van der Waals surface area contributed by atoms with E-state index >= 15 is 0 Å². The van der Waals surface area contributed by atoms with E-state index in [4.69, 9.17) is 0 Å². The summed E-state index contributed by atoms with van der Waals surface area (Å²) in [6, 6.07) is 13.6. The number of rotatable bonds is 4. The summed E-state index contributed by atoms with van der Waals surface area (Å²) in [5, 5.41) is 8.36. The molecule has 2 aromatic rings. The lowest BCUT2D eigenvalue weighted by molar-refractivity contribution is 0.0735. The average Bonchev–Trinajstić information content (AvgIpc) is 3.15. The van der Waals surface area contributed by atoms with Crippen LogP contribution in [0.25, 0.3) is 0 Å². The van der Waals surface area contributed by atoms with E-state index in [2.05, 4.69) is 15.1 Å². The predicted octanol–water partition coefficient (Wildman–Crippen LogP) is 2.91. The van der Waals surface area contributed by atoms with Gasteiger partial charge in [-0.3, -0.25) is 4.79 Å². The molecule has 3 rings (SSSR count). The molecule has 0 saturated carbocycles. The van der Waals surface area contributed by atoms with Crippen molar-refractivity contribution < 1.29 is 4.79 Å². The predicted molar refractivity (Wildman–Crippen MR) is 90.4 cm³/mol. The number of aromatic nitrogens is 2. The summed E-state index contributed by atoms with van der Waals surface area (Å²) in [4.78, 5) is 16.5. The number of carbonyl (C=O) groups excluding carboxylic acids is 1. The number of anilines is 1. The molecular weight excluding hydrogens is 288 g/mol. The van der Waals surface area contributed by atoms with Crippen molar-refractivity contribution in [3.05, 3.63) is 53.7 Å². The van der Waals surface area contributed by atoms with Crippen LogP contribution < -0.4 is 4.90 Å². The second-order valence-corrected chi connectivity index (χ2v) is 5.97.